The minimum absolute atomic E-state index is 0.149. The minimum Gasteiger partial charge on any atom is -0.473 e. The lowest BCUT2D eigenvalue weighted by molar-refractivity contribution is 0.211. The zero-order valence-corrected chi connectivity index (χ0v) is 8.19. The van der Waals surface area contributed by atoms with E-state index in [0.29, 0.717) is 11.5 Å². The third kappa shape index (κ3) is 1.53. The number of aromatic nitrogens is 4. The third-order valence-electron chi connectivity index (χ3n) is 2.08. The van der Waals surface area contributed by atoms with Crippen LogP contribution in [0.1, 0.15) is 20.3 Å². The molecule has 0 aromatic carbocycles. The van der Waals surface area contributed by atoms with E-state index >= 15 is 0 Å². The van der Waals surface area contributed by atoms with Crippen LogP contribution in [0.4, 0.5) is 0 Å². The first-order valence-electron chi connectivity index (χ1n) is 4.62. The first-order valence-corrected chi connectivity index (χ1v) is 4.62. The Kier molecular flexibility index (Phi) is 2.30. The van der Waals surface area contributed by atoms with Gasteiger partial charge in [-0.2, -0.15) is 4.98 Å². The van der Waals surface area contributed by atoms with Gasteiger partial charge in [0.25, 0.3) is 0 Å². The quantitative estimate of drug-likeness (QED) is 0.801. The predicted molar refractivity (Wildman–Crippen MR) is 52.1 cm³/mol. The smallest absolute Gasteiger partial charge is 0.243 e. The third-order valence-corrected chi connectivity index (χ3v) is 2.08. The molecule has 0 spiro atoms. The number of aromatic amines is 1. The van der Waals surface area contributed by atoms with E-state index in [-0.39, 0.29) is 6.10 Å². The number of imidazole rings is 1. The summed E-state index contributed by atoms with van der Waals surface area (Å²) < 4.78 is 5.61. The molecule has 2 rings (SSSR count). The van der Waals surface area contributed by atoms with Crippen molar-refractivity contribution in [2.45, 2.75) is 26.4 Å². The molecule has 5 heteroatoms. The number of ether oxygens (including phenoxy) is 1. The lowest BCUT2D eigenvalue weighted by atomic mass is 10.3. The highest BCUT2D eigenvalue weighted by atomic mass is 16.5. The van der Waals surface area contributed by atoms with Crippen LogP contribution in [0.15, 0.2) is 12.7 Å². The summed E-state index contributed by atoms with van der Waals surface area (Å²) in [6.07, 6.45) is 4.14. The summed E-state index contributed by atoms with van der Waals surface area (Å²) in [7, 11) is 0. The van der Waals surface area contributed by atoms with Gasteiger partial charge in [0.15, 0.2) is 5.65 Å². The summed E-state index contributed by atoms with van der Waals surface area (Å²) in [6, 6.07) is 0. The van der Waals surface area contributed by atoms with Gasteiger partial charge in [-0.25, -0.2) is 9.97 Å². The van der Waals surface area contributed by atoms with Crippen LogP contribution in [-0.4, -0.2) is 26.0 Å². The second-order valence-corrected chi connectivity index (χ2v) is 3.12. The van der Waals surface area contributed by atoms with Gasteiger partial charge < -0.3 is 9.72 Å². The molecule has 14 heavy (non-hydrogen) atoms. The molecule has 2 heterocycles. The lowest BCUT2D eigenvalue weighted by Crippen LogP contribution is -2.11. The molecule has 0 radical (unpaired) electrons. The van der Waals surface area contributed by atoms with Crippen LogP contribution in [0.5, 0.6) is 5.88 Å². The van der Waals surface area contributed by atoms with Gasteiger partial charge in [-0.15, -0.1) is 0 Å². The van der Waals surface area contributed by atoms with E-state index in [4.69, 9.17) is 4.74 Å². The summed E-state index contributed by atoms with van der Waals surface area (Å²) in [6.45, 7) is 4.07. The van der Waals surface area contributed by atoms with Crippen LogP contribution in [0.3, 0.4) is 0 Å². The zero-order valence-electron chi connectivity index (χ0n) is 8.19. The van der Waals surface area contributed by atoms with E-state index in [1.807, 2.05) is 6.92 Å². The van der Waals surface area contributed by atoms with Crippen molar-refractivity contribution in [1.29, 1.82) is 0 Å². The lowest BCUT2D eigenvalue weighted by Gasteiger charge is -2.10. The first-order chi connectivity index (χ1) is 6.81. The van der Waals surface area contributed by atoms with Gasteiger partial charge in [0.2, 0.25) is 5.88 Å². The molecule has 0 fully saturated rings. The molecule has 0 unspecified atom stereocenters. The Hall–Kier alpha value is -1.65. The van der Waals surface area contributed by atoms with Crippen LogP contribution in [0, 0.1) is 0 Å². The number of rotatable bonds is 3. The fraction of sp³-hybridized carbons (Fsp3) is 0.444. The minimum atomic E-state index is 0.149. The van der Waals surface area contributed by atoms with Crippen molar-refractivity contribution in [2.75, 3.05) is 0 Å². The van der Waals surface area contributed by atoms with Crippen molar-refractivity contribution in [1.82, 2.24) is 19.9 Å². The topological polar surface area (TPSA) is 63.7 Å². The maximum atomic E-state index is 5.61. The Morgan fingerprint density at radius 1 is 1.43 bits per heavy atom. The van der Waals surface area contributed by atoms with Gasteiger partial charge in [0, 0.05) is 0 Å². The molecular formula is C9H12N4O. The summed E-state index contributed by atoms with van der Waals surface area (Å²) in [5, 5.41) is 0. The molecule has 0 amide bonds. The van der Waals surface area contributed by atoms with Crippen LogP contribution in [0.2, 0.25) is 0 Å². The number of hydrogen-bond donors (Lipinski definition) is 1. The van der Waals surface area contributed by atoms with E-state index in [0.717, 1.165) is 11.9 Å². The second-order valence-electron chi connectivity index (χ2n) is 3.12. The maximum absolute atomic E-state index is 5.61. The highest BCUT2D eigenvalue weighted by Gasteiger charge is 2.09. The van der Waals surface area contributed by atoms with Gasteiger partial charge >= 0.3 is 0 Å². The first kappa shape index (κ1) is 8.93. The van der Waals surface area contributed by atoms with Crippen LogP contribution < -0.4 is 4.74 Å². The van der Waals surface area contributed by atoms with Crippen molar-refractivity contribution in [3.63, 3.8) is 0 Å². The molecule has 0 bridgehead atoms. The van der Waals surface area contributed by atoms with Crippen molar-refractivity contribution in [3.8, 4) is 5.88 Å². The van der Waals surface area contributed by atoms with Gasteiger partial charge in [-0.1, -0.05) is 6.92 Å². The highest BCUT2D eigenvalue weighted by Crippen LogP contribution is 2.18. The molecule has 0 aliphatic heterocycles. The largest absolute Gasteiger partial charge is 0.473 e. The number of nitrogens with one attached hydrogen (secondary N) is 1. The van der Waals surface area contributed by atoms with Crippen molar-refractivity contribution >= 4 is 11.2 Å². The summed E-state index contributed by atoms with van der Waals surface area (Å²) in [5.41, 5.74) is 1.39. The monoisotopic (exact) mass is 192 g/mol. The summed E-state index contributed by atoms with van der Waals surface area (Å²) in [5.74, 6) is 0.571. The second kappa shape index (κ2) is 3.61. The van der Waals surface area contributed by atoms with Gasteiger partial charge in [-0.3, -0.25) is 0 Å². The Labute approximate surface area is 81.6 Å². The Morgan fingerprint density at radius 2 is 2.29 bits per heavy atom. The Morgan fingerprint density at radius 3 is 3.07 bits per heavy atom. The molecule has 0 aliphatic rings. The normalized spacial score (nSPS) is 13.0. The number of nitrogens with zero attached hydrogens (tertiary/aromatic N) is 3. The molecular weight excluding hydrogens is 180 g/mol. The van der Waals surface area contributed by atoms with E-state index in [9.17, 15) is 0 Å². The fourth-order valence-corrected chi connectivity index (χ4v) is 1.11. The average molecular weight is 192 g/mol. The maximum Gasteiger partial charge on any atom is 0.243 e. The zero-order chi connectivity index (χ0) is 9.97. The van der Waals surface area contributed by atoms with Gasteiger partial charge in [0.1, 0.15) is 11.8 Å². The van der Waals surface area contributed by atoms with E-state index in [2.05, 4.69) is 26.9 Å². The molecule has 0 aliphatic carbocycles. The Bertz CT molecular complexity index is 425. The molecule has 1 N–H and O–H groups in total. The van der Waals surface area contributed by atoms with Gasteiger partial charge in [0.05, 0.1) is 12.4 Å². The molecule has 1 atom stereocenters. The summed E-state index contributed by atoms with van der Waals surface area (Å²) >= 11 is 0. The van der Waals surface area contributed by atoms with E-state index < -0.39 is 0 Å². The standard InChI is InChI=1S/C9H12N4O/c1-3-6(2)14-9-7-8(11-4-10-7)12-5-13-9/h4-6H,3H2,1-2H3,(H,10,11,12,13)/t6-/m0/s1. The number of fused-ring (bicyclic) bond motifs is 1. The molecule has 0 saturated carbocycles. The molecule has 5 nitrogen and oxygen atoms in total. The number of H-pyrrole nitrogens is 1. The van der Waals surface area contributed by atoms with Crippen LogP contribution in [0.25, 0.3) is 11.2 Å². The van der Waals surface area contributed by atoms with Crippen molar-refractivity contribution in [3.05, 3.63) is 12.7 Å². The molecule has 2 aromatic heterocycles. The Balaban J connectivity index is 2.36. The van der Waals surface area contributed by atoms with E-state index in [1.165, 1.54) is 6.33 Å². The highest BCUT2D eigenvalue weighted by molar-refractivity contribution is 5.74. The van der Waals surface area contributed by atoms with Crippen LogP contribution in [-0.2, 0) is 0 Å². The summed E-state index contributed by atoms with van der Waals surface area (Å²) in [4.78, 5) is 15.0. The van der Waals surface area contributed by atoms with Crippen molar-refractivity contribution in [2.24, 2.45) is 0 Å². The van der Waals surface area contributed by atoms with Crippen LogP contribution >= 0.6 is 0 Å². The fourth-order valence-electron chi connectivity index (χ4n) is 1.11. The average Bonchev–Trinajstić information content (AvgIpc) is 2.66. The molecule has 74 valence electrons. The van der Waals surface area contributed by atoms with Crippen molar-refractivity contribution < 1.29 is 4.74 Å². The van der Waals surface area contributed by atoms with Gasteiger partial charge in [-0.05, 0) is 13.3 Å². The SMILES string of the molecule is CC[C@H](C)Oc1ncnc2nc[nH]c12. The van der Waals surface area contributed by atoms with E-state index in [1.54, 1.807) is 6.33 Å². The molecule has 0 saturated heterocycles. The number of hydrogen-bond acceptors (Lipinski definition) is 4. The molecule has 2 aromatic rings. The predicted octanol–water partition coefficient (Wildman–Crippen LogP) is 1.53.